The number of nitrogens with zero attached hydrogens (tertiary/aromatic N) is 6. The first-order valence-corrected chi connectivity index (χ1v) is 15.8. The fourth-order valence-corrected chi connectivity index (χ4v) is 7.25. The molecule has 42 heavy (non-hydrogen) atoms. The Labute approximate surface area is 251 Å². The Balaban J connectivity index is 1.18. The number of hydrogen-bond acceptors (Lipinski definition) is 10. The van der Waals surface area contributed by atoms with E-state index in [1.54, 1.807) is 7.11 Å². The number of aromatic nitrogens is 4. The summed E-state index contributed by atoms with van der Waals surface area (Å²) < 4.78 is 5.91. The molecule has 3 saturated heterocycles. The molecule has 0 aliphatic carbocycles. The second kappa shape index (κ2) is 12.9. The van der Waals surface area contributed by atoms with Crippen LogP contribution in [0.2, 0.25) is 0 Å². The topological polar surface area (TPSA) is 115 Å². The molecule has 3 N–H and O–H groups in total. The number of fused-ring (bicyclic) bond motifs is 2. The van der Waals surface area contributed by atoms with Crippen molar-refractivity contribution in [3.8, 4) is 5.75 Å². The van der Waals surface area contributed by atoms with Crippen molar-refractivity contribution in [1.82, 2.24) is 30.0 Å². The van der Waals surface area contributed by atoms with Crippen molar-refractivity contribution < 1.29 is 9.53 Å². The third kappa shape index (κ3) is 6.66. The van der Waals surface area contributed by atoms with Crippen LogP contribution in [0.15, 0.2) is 40.4 Å². The third-order valence-corrected chi connectivity index (χ3v) is 9.43. The number of anilines is 4. The molecule has 3 fully saturated rings. The van der Waals surface area contributed by atoms with Crippen LogP contribution >= 0.6 is 11.8 Å². The van der Waals surface area contributed by atoms with E-state index < -0.39 is 0 Å². The lowest BCUT2D eigenvalue weighted by molar-refractivity contribution is -0.114. The maximum Gasteiger partial charge on any atom is 0.221 e. The number of hydrogen-bond donors (Lipinski definition) is 3. The Kier molecular flexibility index (Phi) is 8.82. The summed E-state index contributed by atoms with van der Waals surface area (Å²) in [5, 5.41) is 14.1. The number of carbonyl (C=O) groups is 1. The molecule has 2 atom stereocenters. The van der Waals surface area contributed by atoms with Gasteiger partial charge in [-0.2, -0.15) is 5.10 Å². The zero-order valence-corrected chi connectivity index (χ0v) is 25.5. The van der Waals surface area contributed by atoms with E-state index in [1.807, 2.05) is 37.3 Å². The highest BCUT2D eigenvalue weighted by Crippen LogP contribution is 2.39. The number of aryl methyl sites for hydroxylation is 1. The third-order valence-electron chi connectivity index (χ3n) is 8.56. The lowest BCUT2D eigenvalue weighted by Crippen LogP contribution is -2.50. The molecule has 0 unspecified atom stereocenters. The summed E-state index contributed by atoms with van der Waals surface area (Å²) in [4.78, 5) is 29.9. The summed E-state index contributed by atoms with van der Waals surface area (Å²) >= 11 is 1.47. The Morgan fingerprint density at radius 1 is 1.05 bits per heavy atom. The van der Waals surface area contributed by atoms with E-state index >= 15 is 0 Å². The molecule has 12 heteroatoms. The number of piperazine rings is 1. The van der Waals surface area contributed by atoms with Crippen molar-refractivity contribution in [2.24, 2.45) is 0 Å². The number of rotatable bonds is 10. The number of benzene rings is 1. The van der Waals surface area contributed by atoms with Crippen LogP contribution in [0.3, 0.4) is 0 Å². The van der Waals surface area contributed by atoms with Crippen LogP contribution in [-0.2, 0) is 4.79 Å². The number of aromatic amines is 1. The Morgan fingerprint density at radius 3 is 2.43 bits per heavy atom. The summed E-state index contributed by atoms with van der Waals surface area (Å²) in [7, 11) is 1.67. The molecule has 2 bridgehead atoms. The van der Waals surface area contributed by atoms with Crippen molar-refractivity contribution in [2.75, 3.05) is 61.9 Å². The first-order chi connectivity index (χ1) is 20.4. The van der Waals surface area contributed by atoms with Gasteiger partial charge in [0.2, 0.25) is 11.7 Å². The van der Waals surface area contributed by atoms with E-state index in [0.29, 0.717) is 22.5 Å². The maximum atomic E-state index is 11.4. The lowest BCUT2D eigenvalue weighted by atomic mass is 10.0. The van der Waals surface area contributed by atoms with Crippen LogP contribution in [0, 0.1) is 6.92 Å². The summed E-state index contributed by atoms with van der Waals surface area (Å²) in [5.74, 6) is 2.55. The molecule has 0 spiro atoms. The maximum absolute atomic E-state index is 11.4. The van der Waals surface area contributed by atoms with Gasteiger partial charge in [-0.3, -0.25) is 19.7 Å². The van der Waals surface area contributed by atoms with Gasteiger partial charge in [-0.1, -0.05) is 6.42 Å². The molecule has 0 radical (unpaired) electrons. The number of amides is 1. The number of carbonyl (C=O) groups excluding carboxylic acids is 1. The van der Waals surface area contributed by atoms with Crippen LogP contribution in [-0.4, -0.2) is 94.3 Å². The normalized spacial score (nSPS) is 21.0. The predicted molar refractivity (Wildman–Crippen MR) is 166 cm³/mol. The summed E-state index contributed by atoms with van der Waals surface area (Å²) in [6, 6.07) is 11.3. The first-order valence-electron chi connectivity index (χ1n) is 15.0. The first kappa shape index (κ1) is 28.8. The average Bonchev–Trinajstić information content (AvgIpc) is 3.49. The highest BCUT2D eigenvalue weighted by atomic mass is 32.2. The molecular formula is C30H41N9O2S. The molecule has 3 aliphatic heterocycles. The number of ether oxygens (including phenoxy) is 1. The van der Waals surface area contributed by atoms with Crippen molar-refractivity contribution in [2.45, 2.75) is 68.1 Å². The Morgan fingerprint density at radius 2 is 1.79 bits per heavy atom. The molecule has 1 amide bonds. The van der Waals surface area contributed by atoms with E-state index in [4.69, 9.17) is 14.7 Å². The molecule has 11 nitrogen and oxygen atoms in total. The van der Waals surface area contributed by atoms with Gasteiger partial charge < -0.3 is 20.3 Å². The number of piperidine rings is 1. The smallest absolute Gasteiger partial charge is 0.221 e. The second-order valence-corrected chi connectivity index (χ2v) is 12.5. The molecule has 5 heterocycles. The molecule has 224 valence electrons. The SMILES string of the molecule is COc1c(Nc2cc(C)[nH]n2)nc(Sc2ccc(NC(C)=O)cc2)nc1N1CCN(CCN2[C@@H]3CCC[C@H]2CC3)CC1. The monoisotopic (exact) mass is 591 g/mol. The zero-order valence-electron chi connectivity index (χ0n) is 24.7. The van der Waals surface area contributed by atoms with Crippen LogP contribution in [0.1, 0.15) is 44.7 Å². The van der Waals surface area contributed by atoms with E-state index in [9.17, 15) is 4.79 Å². The number of nitrogens with one attached hydrogen (secondary N) is 3. The molecule has 0 saturated carbocycles. The number of H-pyrrole nitrogens is 1. The minimum Gasteiger partial charge on any atom is -0.490 e. The van der Waals surface area contributed by atoms with Crippen LogP contribution in [0.5, 0.6) is 5.75 Å². The van der Waals surface area contributed by atoms with Gasteiger partial charge in [0, 0.05) is 80.6 Å². The summed E-state index contributed by atoms with van der Waals surface area (Å²) in [6.07, 6.45) is 6.95. The quantitative estimate of drug-likeness (QED) is 0.291. The van der Waals surface area contributed by atoms with Crippen LogP contribution in [0.25, 0.3) is 0 Å². The van der Waals surface area contributed by atoms with E-state index in [0.717, 1.165) is 66.9 Å². The van der Waals surface area contributed by atoms with Gasteiger partial charge in [-0.05, 0) is 68.6 Å². The molecule has 3 aromatic rings. The van der Waals surface area contributed by atoms with Gasteiger partial charge in [0.05, 0.1) is 7.11 Å². The van der Waals surface area contributed by atoms with Crippen molar-refractivity contribution in [3.63, 3.8) is 0 Å². The van der Waals surface area contributed by atoms with Gasteiger partial charge in [0.15, 0.2) is 22.6 Å². The molecular weight excluding hydrogens is 550 g/mol. The lowest BCUT2D eigenvalue weighted by Gasteiger charge is -2.39. The number of methoxy groups -OCH3 is 1. The Hall–Kier alpha value is -3.35. The van der Waals surface area contributed by atoms with Gasteiger partial charge in [0.1, 0.15) is 0 Å². The van der Waals surface area contributed by atoms with E-state index in [-0.39, 0.29) is 5.91 Å². The largest absolute Gasteiger partial charge is 0.490 e. The van der Waals surface area contributed by atoms with Crippen LogP contribution in [0.4, 0.5) is 23.1 Å². The van der Waals surface area contributed by atoms with Gasteiger partial charge in [-0.25, -0.2) is 9.97 Å². The van der Waals surface area contributed by atoms with Crippen molar-refractivity contribution in [3.05, 3.63) is 36.0 Å². The fourth-order valence-electron chi connectivity index (χ4n) is 6.50. The fraction of sp³-hybridized carbons (Fsp3) is 0.533. The minimum absolute atomic E-state index is 0.0958. The average molecular weight is 592 g/mol. The highest BCUT2D eigenvalue weighted by molar-refractivity contribution is 7.99. The van der Waals surface area contributed by atoms with E-state index in [1.165, 1.54) is 57.3 Å². The standard InChI is InChI=1S/C30H41N9O2S/c1-20-19-26(36-35-20)32-28-27(41-3)29(34-30(33-28)42-25-11-7-22(8-12-25)31-21(2)40)38-16-13-37(14-17-38)15-18-39-23-5-4-6-24(39)10-9-23/h7-8,11-12,19,23-24H,4-6,9-10,13-18H2,1-3H3,(H,31,40)(H2,32,33,34,35,36)/t23-,24+. The van der Waals surface area contributed by atoms with E-state index in [2.05, 4.69) is 35.5 Å². The van der Waals surface area contributed by atoms with Gasteiger partial charge in [0.25, 0.3) is 0 Å². The zero-order chi connectivity index (χ0) is 29.1. The molecule has 6 rings (SSSR count). The Bertz CT molecular complexity index is 1360. The predicted octanol–water partition coefficient (Wildman–Crippen LogP) is 4.51. The van der Waals surface area contributed by atoms with Crippen molar-refractivity contribution >= 4 is 40.8 Å². The molecule has 2 aromatic heterocycles. The summed E-state index contributed by atoms with van der Waals surface area (Å²) in [6.45, 7) is 9.50. The summed E-state index contributed by atoms with van der Waals surface area (Å²) in [5.41, 5.74) is 1.71. The van der Waals surface area contributed by atoms with Gasteiger partial charge in [-0.15, -0.1) is 0 Å². The second-order valence-electron chi connectivity index (χ2n) is 11.5. The van der Waals surface area contributed by atoms with Gasteiger partial charge >= 0.3 is 0 Å². The minimum atomic E-state index is -0.0958. The van der Waals surface area contributed by atoms with Crippen LogP contribution < -0.4 is 20.3 Å². The molecule has 1 aromatic carbocycles. The molecule has 3 aliphatic rings. The van der Waals surface area contributed by atoms with Crippen molar-refractivity contribution in [1.29, 1.82) is 0 Å². The highest BCUT2D eigenvalue weighted by Gasteiger charge is 2.36.